The number of unbranched alkanes of at least 4 members (excludes halogenated alkanes) is 55. The maximum atomic E-state index is 13.2. The van der Waals surface area contributed by atoms with Gasteiger partial charge < -0.3 is 33.8 Å². The summed E-state index contributed by atoms with van der Waals surface area (Å²) < 4.78 is 68.9. The summed E-state index contributed by atoms with van der Waals surface area (Å²) in [6.07, 6.45) is 78.9. The number of esters is 4. The standard InChI is InChI=1S/C89H170O17P2/c1-6-10-13-16-19-22-25-28-31-33-35-37-39-41-43-46-49-52-55-58-65-70-74-88(93)105-84(78-99-86(91)72-67-62-56-53-50-47-45-42-40-38-36-34-32-29-26-23-20-17-14-11-7-2)80-103-107(95,96)101-76-83(90)77-102-108(97,98)104-81-85(79-100-87(92)73-68-63-60-59-61-66-71-82(5)9-4)106-89(94)75-69-64-57-54-51-48-44-30-27-24-21-18-15-12-8-3/h24,27,30,44,82-85,90H,6-23,25-26,28-29,31-43,45-81H2,1-5H3,(H,95,96)(H,97,98)/b27-24-,44-30-/t82?,83-,84-,85-/m1/s1. The molecule has 0 fully saturated rings. The van der Waals surface area contributed by atoms with Gasteiger partial charge in [0.05, 0.1) is 26.4 Å². The van der Waals surface area contributed by atoms with Crippen LogP contribution < -0.4 is 0 Å². The largest absolute Gasteiger partial charge is 0.472 e. The number of phosphoric acid groups is 2. The number of allylic oxidation sites excluding steroid dienone is 4. The van der Waals surface area contributed by atoms with Crippen molar-refractivity contribution < 1.29 is 80.2 Å². The van der Waals surface area contributed by atoms with Crippen LogP contribution in [0.3, 0.4) is 0 Å². The van der Waals surface area contributed by atoms with Gasteiger partial charge in [-0.3, -0.25) is 37.3 Å². The number of hydrogen-bond donors (Lipinski definition) is 3. The smallest absolute Gasteiger partial charge is 0.462 e. The second-order valence-electron chi connectivity index (χ2n) is 31.5. The molecule has 108 heavy (non-hydrogen) atoms. The minimum absolute atomic E-state index is 0.0847. The fraction of sp³-hybridized carbons (Fsp3) is 0.910. The topological polar surface area (TPSA) is 237 Å². The first kappa shape index (κ1) is 106. The maximum absolute atomic E-state index is 13.2. The van der Waals surface area contributed by atoms with Crippen molar-refractivity contribution in [2.75, 3.05) is 39.6 Å². The third-order valence-corrected chi connectivity index (χ3v) is 22.7. The van der Waals surface area contributed by atoms with E-state index in [1.807, 2.05) is 0 Å². The number of aliphatic hydroxyl groups is 1. The number of hydrogen-bond acceptors (Lipinski definition) is 15. The zero-order valence-corrected chi connectivity index (χ0v) is 72.3. The molecule has 19 heteroatoms. The molecule has 17 nitrogen and oxygen atoms in total. The molecule has 3 N–H and O–H groups in total. The van der Waals surface area contributed by atoms with Gasteiger partial charge in [-0.1, -0.05) is 406 Å². The fourth-order valence-corrected chi connectivity index (χ4v) is 15.0. The van der Waals surface area contributed by atoms with Crippen LogP contribution in [0.25, 0.3) is 0 Å². The van der Waals surface area contributed by atoms with E-state index in [1.54, 1.807) is 0 Å². The minimum atomic E-state index is -4.97. The van der Waals surface area contributed by atoms with Crippen LogP contribution in [0, 0.1) is 5.92 Å². The van der Waals surface area contributed by atoms with E-state index in [0.29, 0.717) is 25.7 Å². The average molecular weight is 1570 g/mol. The van der Waals surface area contributed by atoms with Gasteiger partial charge in [-0.15, -0.1) is 0 Å². The second-order valence-corrected chi connectivity index (χ2v) is 34.5. The lowest BCUT2D eigenvalue weighted by Gasteiger charge is -2.21. The van der Waals surface area contributed by atoms with Gasteiger partial charge in [0.25, 0.3) is 0 Å². The third-order valence-electron chi connectivity index (χ3n) is 20.8. The molecule has 0 aromatic heterocycles. The molecule has 0 saturated heterocycles. The lowest BCUT2D eigenvalue weighted by atomic mass is 10.00. The normalized spacial score (nSPS) is 14.1. The van der Waals surface area contributed by atoms with Gasteiger partial charge in [-0.2, -0.15) is 0 Å². The quantitative estimate of drug-likeness (QED) is 0.0169. The Morgan fingerprint density at radius 1 is 0.296 bits per heavy atom. The zero-order chi connectivity index (χ0) is 79.0. The van der Waals surface area contributed by atoms with Crippen LogP contribution in [0.15, 0.2) is 24.3 Å². The summed E-state index contributed by atoms with van der Waals surface area (Å²) in [6.45, 7) is 7.26. The Morgan fingerprint density at radius 2 is 0.519 bits per heavy atom. The molecule has 0 bridgehead atoms. The number of rotatable bonds is 87. The van der Waals surface area contributed by atoms with Gasteiger partial charge >= 0.3 is 39.5 Å². The van der Waals surface area contributed by atoms with Crippen LogP contribution in [-0.4, -0.2) is 96.7 Å². The lowest BCUT2D eigenvalue weighted by Crippen LogP contribution is -2.30. The van der Waals surface area contributed by atoms with Crippen molar-refractivity contribution in [1.82, 2.24) is 0 Å². The van der Waals surface area contributed by atoms with Crippen LogP contribution in [0.2, 0.25) is 0 Å². The molecule has 0 amide bonds. The first-order valence-electron chi connectivity index (χ1n) is 45.5. The summed E-state index contributed by atoms with van der Waals surface area (Å²) in [7, 11) is -9.94. The Morgan fingerprint density at radius 3 is 0.787 bits per heavy atom. The Bertz CT molecular complexity index is 2150. The van der Waals surface area contributed by atoms with Gasteiger partial charge in [0, 0.05) is 25.7 Å². The molecule has 0 rings (SSSR count). The summed E-state index contributed by atoms with van der Waals surface area (Å²) >= 11 is 0. The lowest BCUT2D eigenvalue weighted by molar-refractivity contribution is -0.161. The first-order valence-corrected chi connectivity index (χ1v) is 48.5. The Kier molecular flexibility index (Phi) is 79.3. The van der Waals surface area contributed by atoms with E-state index in [0.717, 1.165) is 115 Å². The Hall–Kier alpha value is -2.46. The molecule has 0 aliphatic carbocycles. The van der Waals surface area contributed by atoms with Gasteiger partial charge in [0.15, 0.2) is 12.2 Å². The highest BCUT2D eigenvalue weighted by atomic mass is 31.2. The van der Waals surface area contributed by atoms with Gasteiger partial charge in [0.1, 0.15) is 19.3 Å². The Balaban J connectivity index is 5.24. The molecule has 0 aliphatic heterocycles. The molecule has 0 radical (unpaired) electrons. The molecule has 0 spiro atoms. The predicted octanol–water partition coefficient (Wildman–Crippen LogP) is 27.1. The van der Waals surface area contributed by atoms with Crippen LogP contribution in [0.4, 0.5) is 0 Å². The second kappa shape index (κ2) is 81.1. The van der Waals surface area contributed by atoms with E-state index in [9.17, 15) is 43.2 Å². The van der Waals surface area contributed by atoms with Crippen molar-refractivity contribution in [2.45, 2.75) is 477 Å². The van der Waals surface area contributed by atoms with Crippen molar-refractivity contribution in [3.05, 3.63) is 24.3 Å². The SMILES string of the molecule is CCCCCC/C=C\C=C/CCCCCCCC(=O)O[C@H](COC(=O)CCCCCCCCC(C)CC)COP(=O)(O)OC[C@H](O)COP(=O)(O)OC[C@@H](COC(=O)CCCCCCCCCCCCCCCCCCCCCCC)OC(=O)CCCCCCCCCCCCCCCCCCCCCCCC. The number of phosphoric ester groups is 2. The maximum Gasteiger partial charge on any atom is 0.472 e. The van der Waals surface area contributed by atoms with Crippen molar-refractivity contribution in [2.24, 2.45) is 5.92 Å². The summed E-state index contributed by atoms with van der Waals surface area (Å²) in [5, 5.41) is 10.7. The summed E-state index contributed by atoms with van der Waals surface area (Å²) in [5.41, 5.74) is 0. The minimum Gasteiger partial charge on any atom is -0.462 e. The van der Waals surface area contributed by atoms with Gasteiger partial charge in [-0.05, 0) is 57.3 Å². The summed E-state index contributed by atoms with van der Waals surface area (Å²) in [5.74, 6) is -1.40. The molecule has 0 aromatic rings. The highest BCUT2D eigenvalue weighted by molar-refractivity contribution is 7.47. The van der Waals surface area contributed by atoms with Crippen molar-refractivity contribution in [1.29, 1.82) is 0 Å². The third kappa shape index (κ3) is 80.2. The molecule has 6 atom stereocenters. The van der Waals surface area contributed by atoms with Crippen molar-refractivity contribution >= 4 is 39.5 Å². The van der Waals surface area contributed by atoms with Crippen LogP contribution in [0.5, 0.6) is 0 Å². The number of carbonyl (C=O) groups is 4. The van der Waals surface area contributed by atoms with Crippen LogP contribution >= 0.6 is 15.6 Å². The van der Waals surface area contributed by atoms with E-state index in [1.165, 1.54) is 263 Å². The zero-order valence-electron chi connectivity index (χ0n) is 70.5. The predicted molar refractivity (Wildman–Crippen MR) is 446 cm³/mol. The van der Waals surface area contributed by atoms with E-state index in [-0.39, 0.29) is 25.7 Å². The van der Waals surface area contributed by atoms with Gasteiger partial charge in [0.2, 0.25) is 0 Å². The van der Waals surface area contributed by atoms with E-state index >= 15 is 0 Å². The molecule has 0 saturated carbocycles. The molecule has 3 unspecified atom stereocenters. The van der Waals surface area contributed by atoms with Crippen molar-refractivity contribution in [3.8, 4) is 0 Å². The molecular weight excluding hydrogens is 1400 g/mol. The van der Waals surface area contributed by atoms with E-state index < -0.39 is 97.5 Å². The van der Waals surface area contributed by atoms with Gasteiger partial charge in [-0.25, -0.2) is 9.13 Å². The van der Waals surface area contributed by atoms with Crippen molar-refractivity contribution in [3.63, 3.8) is 0 Å². The molecular formula is C89H170O17P2. The summed E-state index contributed by atoms with van der Waals surface area (Å²) in [4.78, 5) is 73.2. The fourth-order valence-electron chi connectivity index (χ4n) is 13.4. The highest BCUT2D eigenvalue weighted by Crippen LogP contribution is 2.45. The number of carbonyl (C=O) groups excluding carboxylic acids is 4. The molecule has 0 heterocycles. The van der Waals surface area contributed by atoms with Crippen LogP contribution in [-0.2, 0) is 65.4 Å². The first-order chi connectivity index (χ1) is 52.6. The molecule has 638 valence electrons. The van der Waals surface area contributed by atoms with E-state index in [2.05, 4.69) is 58.9 Å². The monoisotopic (exact) mass is 1570 g/mol. The Labute approximate surface area is 663 Å². The molecule has 0 aromatic carbocycles. The number of aliphatic hydroxyl groups excluding tert-OH is 1. The average Bonchev–Trinajstić information content (AvgIpc) is 0.899. The molecule has 0 aliphatic rings. The summed E-state index contributed by atoms with van der Waals surface area (Å²) in [6, 6.07) is 0. The number of ether oxygens (including phenoxy) is 4. The van der Waals surface area contributed by atoms with E-state index in [4.69, 9.17) is 37.0 Å². The highest BCUT2D eigenvalue weighted by Gasteiger charge is 2.30. The van der Waals surface area contributed by atoms with Crippen LogP contribution in [0.1, 0.15) is 458 Å².